The van der Waals surface area contributed by atoms with Gasteiger partial charge < -0.3 is 17.4 Å². The average molecular weight is 316 g/mol. The molecule has 6 heteroatoms. The summed E-state index contributed by atoms with van der Waals surface area (Å²) >= 11 is 6.93. The van der Waals surface area contributed by atoms with E-state index in [1.807, 2.05) is 6.92 Å². The fourth-order valence-electron chi connectivity index (χ4n) is 2.95. The maximum atomic E-state index is 5.94. The molecule has 1 aliphatic heterocycles. The first-order valence-electron chi connectivity index (χ1n) is 6.83. The Balaban J connectivity index is 2.16. The summed E-state index contributed by atoms with van der Waals surface area (Å²) in [5, 5.41) is 1.75. The standard InChI is InChI=1S/C15H15N3OS2/c1-7-9-5-19-15(2,3)4-8(9)10-11-12(21-14(10)18-7)13(20)17-6-16-11/h6H,4-5H2,1-3H3,(H,16,17,20)/p-1. The number of hydrogen-bond acceptors (Lipinski definition) is 6. The van der Waals surface area contributed by atoms with Gasteiger partial charge in [-0.1, -0.05) is 5.03 Å². The highest BCUT2D eigenvalue weighted by molar-refractivity contribution is 7.59. The van der Waals surface area contributed by atoms with Crippen LogP contribution in [0.2, 0.25) is 0 Å². The summed E-state index contributed by atoms with van der Waals surface area (Å²) in [6.07, 6.45) is 2.42. The van der Waals surface area contributed by atoms with Crippen LogP contribution >= 0.6 is 11.3 Å². The maximum Gasteiger partial charge on any atom is 0.126 e. The van der Waals surface area contributed by atoms with Crippen molar-refractivity contribution in [2.24, 2.45) is 0 Å². The molecule has 1 aliphatic rings. The number of pyridine rings is 1. The zero-order chi connectivity index (χ0) is 14.8. The maximum absolute atomic E-state index is 5.94. The quantitative estimate of drug-likeness (QED) is 0.470. The Morgan fingerprint density at radius 1 is 1.29 bits per heavy atom. The van der Waals surface area contributed by atoms with Gasteiger partial charge in [-0.3, -0.25) is 4.98 Å². The van der Waals surface area contributed by atoms with Crippen molar-refractivity contribution in [3.8, 4) is 0 Å². The van der Waals surface area contributed by atoms with Gasteiger partial charge >= 0.3 is 0 Å². The Kier molecular flexibility index (Phi) is 2.73. The van der Waals surface area contributed by atoms with Gasteiger partial charge in [0.15, 0.2) is 0 Å². The predicted octanol–water partition coefficient (Wildman–Crippen LogP) is 3.31. The first-order valence-corrected chi connectivity index (χ1v) is 8.05. The lowest BCUT2D eigenvalue weighted by atomic mass is 9.89. The third kappa shape index (κ3) is 1.93. The van der Waals surface area contributed by atoms with E-state index in [9.17, 15) is 0 Å². The van der Waals surface area contributed by atoms with Crippen LogP contribution in [0.25, 0.3) is 20.4 Å². The number of ether oxygens (including phenoxy) is 1. The molecule has 0 amide bonds. The first-order chi connectivity index (χ1) is 9.96. The Morgan fingerprint density at radius 3 is 2.90 bits per heavy atom. The van der Waals surface area contributed by atoms with Crippen LogP contribution in [0.15, 0.2) is 11.4 Å². The SMILES string of the molecule is Cc1nc2sc3c([S-])ncnc3c2c2c1COC(C)(C)C2. The van der Waals surface area contributed by atoms with Crippen molar-refractivity contribution in [3.05, 3.63) is 23.1 Å². The van der Waals surface area contributed by atoms with Gasteiger partial charge in [0.1, 0.15) is 11.2 Å². The van der Waals surface area contributed by atoms with Gasteiger partial charge in [-0.05, 0) is 26.3 Å². The summed E-state index contributed by atoms with van der Waals surface area (Å²) < 4.78 is 6.91. The molecule has 0 fully saturated rings. The minimum atomic E-state index is -0.161. The molecule has 0 radical (unpaired) electrons. The molecule has 108 valence electrons. The van der Waals surface area contributed by atoms with Crippen molar-refractivity contribution < 1.29 is 4.74 Å². The summed E-state index contributed by atoms with van der Waals surface area (Å²) in [7, 11) is 0. The molecule has 21 heavy (non-hydrogen) atoms. The number of aryl methyl sites for hydroxylation is 1. The third-order valence-corrected chi connectivity index (χ3v) is 5.52. The van der Waals surface area contributed by atoms with Crippen LogP contribution < -0.4 is 0 Å². The Morgan fingerprint density at radius 2 is 2.10 bits per heavy atom. The predicted molar refractivity (Wildman–Crippen MR) is 85.7 cm³/mol. The van der Waals surface area contributed by atoms with Crippen LogP contribution in [-0.4, -0.2) is 20.6 Å². The van der Waals surface area contributed by atoms with Crippen LogP contribution in [0, 0.1) is 6.92 Å². The lowest BCUT2D eigenvalue weighted by Crippen LogP contribution is -2.32. The largest absolute Gasteiger partial charge is 0.759 e. The average Bonchev–Trinajstić information content (AvgIpc) is 2.77. The van der Waals surface area contributed by atoms with Crippen molar-refractivity contribution in [2.75, 3.05) is 0 Å². The Hall–Kier alpha value is -1.37. The number of rotatable bonds is 0. The molecule has 0 N–H and O–H groups in total. The number of thiophene rings is 1. The molecule has 3 aromatic heterocycles. The smallest absolute Gasteiger partial charge is 0.126 e. The Labute approximate surface area is 132 Å². The Bertz CT molecular complexity index is 886. The van der Waals surface area contributed by atoms with E-state index < -0.39 is 0 Å². The highest BCUT2D eigenvalue weighted by Gasteiger charge is 2.30. The zero-order valence-corrected chi connectivity index (χ0v) is 13.7. The minimum absolute atomic E-state index is 0.161. The van der Waals surface area contributed by atoms with Crippen LogP contribution in [0.4, 0.5) is 0 Å². The molecule has 0 bridgehead atoms. The van der Waals surface area contributed by atoms with E-state index >= 15 is 0 Å². The molecular weight excluding hydrogens is 302 g/mol. The lowest BCUT2D eigenvalue weighted by Gasteiger charge is -2.32. The minimum Gasteiger partial charge on any atom is -0.759 e. The van der Waals surface area contributed by atoms with Crippen molar-refractivity contribution >= 4 is 44.4 Å². The van der Waals surface area contributed by atoms with E-state index in [1.54, 1.807) is 17.7 Å². The molecule has 4 heterocycles. The van der Waals surface area contributed by atoms with E-state index in [-0.39, 0.29) is 5.60 Å². The topological polar surface area (TPSA) is 47.9 Å². The molecule has 0 aromatic carbocycles. The third-order valence-electron chi connectivity index (χ3n) is 4.00. The monoisotopic (exact) mass is 316 g/mol. The molecule has 3 aromatic rings. The fraction of sp³-hybridized carbons (Fsp3) is 0.400. The van der Waals surface area contributed by atoms with E-state index in [1.165, 1.54) is 11.1 Å². The van der Waals surface area contributed by atoms with Gasteiger partial charge in [0, 0.05) is 23.1 Å². The summed E-state index contributed by atoms with van der Waals surface area (Å²) in [4.78, 5) is 14.3. The molecule has 0 unspecified atom stereocenters. The summed E-state index contributed by atoms with van der Waals surface area (Å²) in [6, 6.07) is 0. The summed E-state index contributed by atoms with van der Waals surface area (Å²) in [6.45, 7) is 6.91. The van der Waals surface area contributed by atoms with Gasteiger partial charge in [0.25, 0.3) is 0 Å². The molecular formula is C15H14N3OS2-. The number of fused-ring (bicyclic) bond motifs is 5. The summed E-state index contributed by atoms with van der Waals surface area (Å²) in [5.74, 6) is 0. The lowest BCUT2D eigenvalue weighted by molar-refractivity contribution is -0.0400. The van der Waals surface area contributed by atoms with Gasteiger partial charge in [-0.25, -0.2) is 9.97 Å². The molecule has 0 saturated carbocycles. The van der Waals surface area contributed by atoms with Crippen molar-refractivity contribution in [1.29, 1.82) is 0 Å². The number of nitrogens with zero attached hydrogens (tertiary/aromatic N) is 3. The highest BCUT2D eigenvalue weighted by atomic mass is 32.1. The van der Waals surface area contributed by atoms with Gasteiger partial charge in [0.2, 0.25) is 0 Å². The highest BCUT2D eigenvalue weighted by Crippen LogP contribution is 2.40. The van der Waals surface area contributed by atoms with Gasteiger partial charge in [-0.2, -0.15) is 0 Å². The van der Waals surface area contributed by atoms with Gasteiger partial charge in [-0.15, -0.1) is 11.3 Å². The second-order valence-corrected chi connectivity index (χ2v) is 7.40. The molecule has 0 spiro atoms. The second kappa shape index (κ2) is 4.32. The van der Waals surface area contributed by atoms with E-state index in [4.69, 9.17) is 22.3 Å². The van der Waals surface area contributed by atoms with Crippen molar-refractivity contribution in [3.63, 3.8) is 0 Å². The molecule has 4 rings (SSSR count). The normalized spacial score (nSPS) is 17.3. The van der Waals surface area contributed by atoms with Crippen LogP contribution in [0.3, 0.4) is 0 Å². The van der Waals surface area contributed by atoms with E-state index in [0.717, 1.165) is 32.5 Å². The van der Waals surface area contributed by atoms with Crippen LogP contribution in [0.1, 0.15) is 30.7 Å². The van der Waals surface area contributed by atoms with Gasteiger partial charge in [0.05, 0.1) is 22.4 Å². The number of aromatic nitrogens is 3. The molecule has 0 aliphatic carbocycles. The van der Waals surface area contributed by atoms with E-state index in [0.29, 0.717) is 11.6 Å². The van der Waals surface area contributed by atoms with E-state index in [2.05, 4.69) is 23.8 Å². The number of hydrogen-bond donors (Lipinski definition) is 0. The van der Waals surface area contributed by atoms with Crippen molar-refractivity contribution in [2.45, 2.75) is 44.4 Å². The summed E-state index contributed by atoms with van der Waals surface area (Å²) in [5.41, 5.74) is 4.33. The molecule has 4 nitrogen and oxygen atoms in total. The van der Waals surface area contributed by atoms with Crippen molar-refractivity contribution in [1.82, 2.24) is 15.0 Å². The van der Waals surface area contributed by atoms with Crippen LogP contribution in [-0.2, 0) is 30.4 Å². The molecule has 0 atom stereocenters. The second-order valence-electron chi connectivity index (χ2n) is 6.02. The molecule has 0 saturated heterocycles. The zero-order valence-electron chi connectivity index (χ0n) is 12.1. The first kappa shape index (κ1) is 13.3. The fourth-order valence-corrected chi connectivity index (χ4v) is 4.31. The van der Waals surface area contributed by atoms with Crippen LogP contribution in [0.5, 0.6) is 0 Å².